The maximum Gasteiger partial charge on any atom is 0.251 e. The number of hydrogen-bond donors (Lipinski definition) is 1. The number of aromatic nitrogens is 3. The van der Waals surface area contributed by atoms with E-state index in [1.165, 1.54) is 23.0 Å². The normalized spacial score (nSPS) is 10.9. The Bertz CT molecular complexity index is 1150. The Kier molecular flexibility index (Phi) is 4.12. The molecule has 0 unspecified atom stereocenters. The van der Waals surface area contributed by atoms with Crippen LogP contribution in [0, 0.1) is 11.6 Å². The molecule has 0 saturated carbocycles. The molecule has 4 rings (SSSR count). The van der Waals surface area contributed by atoms with Crippen LogP contribution < -0.4 is 5.32 Å². The van der Waals surface area contributed by atoms with Crippen LogP contribution in [0.5, 0.6) is 0 Å². The predicted molar refractivity (Wildman–Crippen MR) is 97.2 cm³/mol. The van der Waals surface area contributed by atoms with Gasteiger partial charge in [0, 0.05) is 29.8 Å². The van der Waals surface area contributed by atoms with E-state index in [0.717, 1.165) is 11.6 Å². The molecule has 0 radical (unpaired) electrons. The van der Waals surface area contributed by atoms with Crippen molar-refractivity contribution in [3.63, 3.8) is 0 Å². The molecule has 0 fully saturated rings. The summed E-state index contributed by atoms with van der Waals surface area (Å²) in [6.07, 6.45) is 1.52. The lowest BCUT2D eigenvalue weighted by atomic mass is 10.1. The first-order valence-corrected chi connectivity index (χ1v) is 8.18. The van der Waals surface area contributed by atoms with Crippen molar-refractivity contribution in [3.8, 4) is 22.5 Å². The minimum Gasteiger partial charge on any atom is -0.355 e. The van der Waals surface area contributed by atoms with Crippen molar-refractivity contribution in [2.75, 3.05) is 7.05 Å². The fourth-order valence-corrected chi connectivity index (χ4v) is 2.87. The number of benzene rings is 2. The molecule has 2 heterocycles. The van der Waals surface area contributed by atoms with E-state index in [9.17, 15) is 13.6 Å². The van der Waals surface area contributed by atoms with Gasteiger partial charge in [-0.1, -0.05) is 12.1 Å². The van der Waals surface area contributed by atoms with Crippen molar-refractivity contribution in [1.29, 1.82) is 0 Å². The fraction of sp³-hybridized carbons (Fsp3) is 0.0500. The zero-order valence-electron chi connectivity index (χ0n) is 14.3. The summed E-state index contributed by atoms with van der Waals surface area (Å²) in [7, 11) is 1.57. The number of hydrogen-bond acceptors (Lipinski definition) is 3. The summed E-state index contributed by atoms with van der Waals surface area (Å²) >= 11 is 0. The Morgan fingerprint density at radius 3 is 2.44 bits per heavy atom. The Morgan fingerprint density at radius 1 is 0.963 bits per heavy atom. The Balaban J connectivity index is 1.76. The summed E-state index contributed by atoms with van der Waals surface area (Å²) in [6, 6.07) is 13.9. The molecule has 0 atom stereocenters. The molecule has 0 aliphatic carbocycles. The van der Waals surface area contributed by atoms with E-state index in [2.05, 4.69) is 15.4 Å². The average Bonchev–Trinajstić information content (AvgIpc) is 3.10. The third-order valence-corrected chi connectivity index (χ3v) is 4.16. The summed E-state index contributed by atoms with van der Waals surface area (Å²) < 4.78 is 28.5. The predicted octanol–water partition coefficient (Wildman–Crippen LogP) is 3.70. The molecule has 0 saturated heterocycles. The van der Waals surface area contributed by atoms with Gasteiger partial charge in [0.05, 0.1) is 16.9 Å². The number of rotatable bonds is 3. The van der Waals surface area contributed by atoms with Crippen LogP contribution in [-0.2, 0) is 0 Å². The van der Waals surface area contributed by atoms with Crippen LogP contribution in [0.15, 0.2) is 60.9 Å². The summed E-state index contributed by atoms with van der Waals surface area (Å²) in [5.74, 6) is -1.50. The quantitative estimate of drug-likeness (QED) is 0.603. The molecule has 0 aliphatic heterocycles. The van der Waals surface area contributed by atoms with Gasteiger partial charge in [-0.2, -0.15) is 5.10 Å². The Morgan fingerprint density at radius 2 is 1.70 bits per heavy atom. The first kappa shape index (κ1) is 16.8. The number of halogens is 2. The average molecular weight is 364 g/mol. The van der Waals surface area contributed by atoms with Gasteiger partial charge >= 0.3 is 0 Å². The third kappa shape index (κ3) is 3.27. The Labute approximate surface area is 153 Å². The van der Waals surface area contributed by atoms with Crippen LogP contribution in [0.4, 0.5) is 8.78 Å². The van der Waals surface area contributed by atoms with Crippen LogP contribution in [0.2, 0.25) is 0 Å². The first-order valence-electron chi connectivity index (χ1n) is 8.18. The van der Waals surface area contributed by atoms with Gasteiger partial charge < -0.3 is 5.32 Å². The van der Waals surface area contributed by atoms with Crippen molar-refractivity contribution in [2.24, 2.45) is 0 Å². The summed E-state index contributed by atoms with van der Waals surface area (Å²) in [5.41, 5.74) is 3.46. The molecule has 5 nitrogen and oxygen atoms in total. The van der Waals surface area contributed by atoms with E-state index in [1.807, 2.05) is 6.07 Å². The highest BCUT2D eigenvalue weighted by atomic mass is 19.1. The highest BCUT2D eigenvalue weighted by Gasteiger charge is 2.10. The van der Waals surface area contributed by atoms with Gasteiger partial charge in [0.15, 0.2) is 0 Å². The van der Waals surface area contributed by atoms with E-state index < -0.39 is 11.6 Å². The molecule has 1 amide bonds. The maximum absolute atomic E-state index is 13.5. The number of carbonyl (C=O) groups excluding carboxylic acids is 1. The molecule has 2 aromatic heterocycles. The van der Waals surface area contributed by atoms with Crippen molar-refractivity contribution < 1.29 is 13.6 Å². The van der Waals surface area contributed by atoms with E-state index in [1.54, 1.807) is 37.4 Å². The third-order valence-electron chi connectivity index (χ3n) is 4.16. The van der Waals surface area contributed by atoms with Crippen LogP contribution >= 0.6 is 0 Å². The van der Waals surface area contributed by atoms with Gasteiger partial charge in [-0.15, -0.1) is 0 Å². The summed E-state index contributed by atoms with van der Waals surface area (Å²) in [5, 5.41) is 6.90. The molecule has 4 aromatic rings. The SMILES string of the molecule is CNC(=O)c1cccc(-c2cc3cc(-c4cc(F)cc(F)c4)nn3cn2)c1. The minimum atomic E-state index is -0.660. The van der Waals surface area contributed by atoms with Crippen molar-refractivity contribution in [3.05, 3.63) is 78.1 Å². The van der Waals surface area contributed by atoms with Gasteiger partial charge in [0.25, 0.3) is 5.91 Å². The second-order valence-corrected chi connectivity index (χ2v) is 5.99. The standard InChI is InChI=1S/C20H14F2N4O/c1-23-20(27)13-4-2-3-12(5-13)18-9-17-10-19(25-26(17)11-24-18)14-6-15(21)8-16(22)7-14/h2-11H,1H3,(H,23,27). The maximum atomic E-state index is 13.5. The van der Waals surface area contributed by atoms with Crippen LogP contribution in [0.25, 0.3) is 28.0 Å². The zero-order valence-corrected chi connectivity index (χ0v) is 14.3. The van der Waals surface area contributed by atoms with Crippen molar-refractivity contribution >= 4 is 11.4 Å². The molecule has 0 aliphatic rings. The number of nitrogens with zero attached hydrogens (tertiary/aromatic N) is 3. The molecule has 2 aromatic carbocycles. The summed E-state index contributed by atoms with van der Waals surface area (Å²) in [6.45, 7) is 0. The van der Waals surface area contributed by atoms with E-state index in [0.29, 0.717) is 28.0 Å². The first-order chi connectivity index (χ1) is 13.0. The van der Waals surface area contributed by atoms with Gasteiger partial charge in [-0.3, -0.25) is 4.79 Å². The van der Waals surface area contributed by atoms with Gasteiger partial charge in [-0.25, -0.2) is 18.3 Å². The molecule has 0 spiro atoms. The smallest absolute Gasteiger partial charge is 0.251 e. The topological polar surface area (TPSA) is 59.3 Å². The molecule has 134 valence electrons. The second-order valence-electron chi connectivity index (χ2n) is 5.99. The number of fused-ring (bicyclic) bond motifs is 1. The summed E-state index contributed by atoms with van der Waals surface area (Å²) in [4.78, 5) is 16.2. The molecule has 27 heavy (non-hydrogen) atoms. The molecular formula is C20H14F2N4O. The molecule has 0 bridgehead atoms. The monoisotopic (exact) mass is 364 g/mol. The highest BCUT2D eigenvalue weighted by Crippen LogP contribution is 2.24. The second kappa shape index (κ2) is 6.60. The van der Waals surface area contributed by atoms with Crippen LogP contribution in [-0.4, -0.2) is 27.6 Å². The lowest BCUT2D eigenvalue weighted by molar-refractivity contribution is 0.0963. The fourth-order valence-electron chi connectivity index (χ4n) is 2.87. The minimum absolute atomic E-state index is 0.183. The number of carbonyl (C=O) groups is 1. The largest absolute Gasteiger partial charge is 0.355 e. The van der Waals surface area contributed by atoms with Gasteiger partial charge in [-0.05, 0) is 36.4 Å². The number of amides is 1. The van der Waals surface area contributed by atoms with E-state index >= 15 is 0 Å². The molecule has 7 heteroatoms. The van der Waals surface area contributed by atoms with E-state index in [-0.39, 0.29) is 5.91 Å². The Hall–Kier alpha value is -3.61. The van der Waals surface area contributed by atoms with Crippen molar-refractivity contribution in [1.82, 2.24) is 19.9 Å². The zero-order chi connectivity index (χ0) is 19.0. The van der Waals surface area contributed by atoms with Gasteiger partial charge in [0.2, 0.25) is 0 Å². The lowest BCUT2D eigenvalue weighted by Crippen LogP contribution is -2.17. The van der Waals surface area contributed by atoms with Crippen LogP contribution in [0.3, 0.4) is 0 Å². The molecule has 1 N–H and O–H groups in total. The lowest BCUT2D eigenvalue weighted by Gasteiger charge is -2.04. The van der Waals surface area contributed by atoms with Crippen molar-refractivity contribution in [2.45, 2.75) is 0 Å². The highest BCUT2D eigenvalue weighted by molar-refractivity contribution is 5.95. The van der Waals surface area contributed by atoms with Crippen LogP contribution in [0.1, 0.15) is 10.4 Å². The van der Waals surface area contributed by atoms with Gasteiger partial charge in [0.1, 0.15) is 18.0 Å². The van der Waals surface area contributed by atoms with E-state index in [4.69, 9.17) is 0 Å². The number of nitrogens with one attached hydrogen (secondary N) is 1. The molecular weight excluding hydrogens is 350 g/mol.